The molecule has 3 N–H and O–H groups in total. The van der Waals surface area contributed by atoms with Crippen LogP contribution in [-0.2, 0) is 0 Å². The number of hydrogen-bond donors (Lipinski definition) is 2. The molecular weight excluding hydrogens is 215 g/mol. The van der Waals surface area contributed by atoms with Crippen molar-refractivity contribution in [1.29, 1.82) is 0 Å². The average Bonchev–Trinajstić information content (AvgIpc) is 2.90. The van der Waals surface area contributed by atoms with Crippen molar-refractivity contribution in [2.75, 3.05) is 0 Å². The van der Waals surface area contributed by atoms with Gasteiger partial charge in [0.15, 0.2) is 0 Å². The van der Waals surface area contributed by atoms with Crippen molar-refractivity contribution in [1.82, 2.24) is 5.43 Å². The molecule has 1 saturated carbocycles. The van der Waals surface area contributed by atoms with Gasteiger partial charge < -0.3 is 0 Å². The highest BCUT2D eigenvalue weighted by molar-refractivity contribution is 6.30. The maximum absolute atomic E-state index is 13.7. The molecule has 1 unspecified atom stereocenters. The predicted octanol–water partition coefficient (Wildman–Crippen LogP) is 2.78. The monoisotopic (exact) mass is 228 g/mol. The molecule has 0 aliphatic heterocycles. The normalized spacial score (nSPS) is 20.0. The van der Waals surface area contributed by atoms with Crippen molar-refractivity contribution >= 4 is 11.6 Å². The van der Waals surface area contributed by atoms with Gasteiger partial charge in [0.05, 0.1) is 6.04 Å². The van der Waals surface area contributed by atoms with Crippen LogP contribution in [-0.4, -0.2) is 0 Å². The molecule has 1 aromatic carbocycles. The number of nitrogens with two attached hydrogens (primary N) is 1. The number of benzene rings is 1. The highest BCUT2D eigenvalue weighted by atomic mass is 35.5. The molecule has 2 rings (SSSR count). The Morgan fingerprint density at radius 2 is 2.20 bits per heavy atom. The zero-order chi connectivity index (χ0) is 11.1. The van der Waals surface area contributed by atoms with Gasteiger partial charge in [-0.1, -0.05) is 24.6 Å². The molecule has 1 aromatic rings. The molecule has 0 amide bonds. The molecule has 0 heterocycles. The van der Waals surface area contributed by atoms with E-state index < -0.39 is 0 Å². The number of halogens is 2. The molecule has 82 valence electrons. The molecule has 1 atom stereocenters. The minimum absolute atomic E-state index is 0.0867. The quantitative estimate of drug-likeness (QED) is 0.617. The first-order valence-corrected chi connectivity index (χ1v) is 5.36. The first-order valence-electron chi connectivity index (χ1n) is 4.98. The summed E-state index contributed by atoms with van der Waals surface area (Å²) < 4.78 is 13.7. The molecule has 0 radical (unpaired) electrons. The predicted molar refractivity (Wildman–Crippen MR) is 58.8 cm³/mol. The van der Waals surface area contributed by atoms with E-state index in [-0.39, 0.29) is 17.3 Å². The van der Waals surface area contributed by atoms with Gasteiger partial charge in [-0.05, 0) is 30.4 Å². The number of nitrogens with one attached hydrogen (secondary N) is 1. The second kappa shape index (κ2) is 3.74. The van der Waals surface area contributed by atoms with Gasteiger partial charge in [-0.25, -0.2) is 4.39 Å². The van der Waals surface area contributed by atoms with Gasteiger partial charge in [-0.15, -0.1) is 0 Å². The van der Waals surface area contributed by atoms with Crippen molar-refractivity contribution < 1.29 is 4.39 Å². The lowest BCUT2D eigenvalue weighted by Crippen LogP contribution is -2.34. The van der Waals surface area contributed by atoms with E-state index in [4.69, 9.17) is 17.4 Å². The average molecular weight is 229 g/mol. The molecule has 0 saturated heterocycles. The fourth-order valence-corrected chi connectivity index (χ4v) is 2.05. The summed E-state index contributed by atoms with van der Waals surface area (Å²) in [6, 6.07) is 4.59. The van der Waals surface area contributed by atoms with Crippen molar-refractivity contribution in [2.45, 2.75) is 25.8 Å². The minimum atomic E-state index is -0.293. The Bertz CT molecular complexity index is 377. The summed E-state index contributed by atoms with van der Waals surface area (Å²) in [5.74, 6) is 5.20. The standard InChI is InChI=1S/C11H14ClFN2/c1-11(4-5-11)10(15-14)8-3-2-7(12)6-9(8)13/h2-3,6,10,15H,4-5,14H2,1H3. The SMILES string of the molecule is CC1(C(NN)c2ccc(Cl)cc2F)CC1. The third-order valence-electron chi connectivity index (χ3n) is 3.18. The first kappa shape index (κ1) is 10.9. The molecule has 4 heteroatoms. The van der Waals surface area contributed by atoms with Gasteiger partial charge in [0.2, 0.25) is 0 Å². The van der Waals surface area contributed by atoms with Crippen LogP contribution in [0.4, 0.5) is 4.39 Å². The number of rotatable bonds is 3. The minimum Gasteiger partial charge on any atom is -0.271 e. The summed E-state index contributed by atoms with van der Waals surface area (Å²) in [7, 11) is 0. The van der Waals surface area contributed by atoms with Crippen LogP contribution in [0.3, 0.4) is 0 Å². The Balaban J connectivity index is 2.34. The van der Waals surface area contributed by atoms with Crippen LogP contribution in [0.25, 0.3) is 0 Å². The van der Waals surface area contributed by atoms with Crippen molar-refractivity contribution in [3.63, 3.8) is 0 Å². The van der Waals surface area contributed by atoms with E-state index in [2.05, 4.69) is 12.3 Å². The summed E-state index contributed by atoms with van der Waals surface area (Å²) in [5.41, 5.74) is 3.38. The van der Waals surface area contributed by atoms with E-state index in [1.807, 2.05) is 0 Å². The molecular formula is C11H14ClFN2. The maximum Gasteiger partial charge on any atom is 0.129 e. The molecule has 0 aromatic heterocycles. The summed E-state index contributed by atoms with van der Waals surface area (Å²) in [6.45, 7) is 2.10. The fraction of sp³-hybridized carbons (Fsp3) is 0.455. The Morgan fingerprint density at radius 1 is 1.53 bits per heavy atom. The van der Waals surface area contributed by atoms with Gasteiger partial charge in [0, 0.05) is 10.6 Å². The Kier molecular flexibility index (Phi) is 2.71. The topological polar surface area (TPSA) is 38.0 Å². The lowest BCUT2D eigenvalue weighted by Gasteiger charge is -2.23. The molecule has 2 nitrogen and oxygen atoms in total. The third kappa shape index (κ3) is 2.00. The van der Waals surface area contributed by atoms with Crippen molar-refractivity contribution in [3.05, 3.63) is 34.6 Å². The lowest BCUT2D eigenvalue weighted by atomic mass is 9.92. The van der Waals surface area contributed by atoms with Gasteiger partial charge in [0.1, 0.15) is 5.82 Å². The molecule has 1 aliphatic rings. The van der Waals surface area contributed by atoms with Crippen LogP contribution >= 0.6 is 11.6 Å². The molecule has 0 spiro atoms. The number of hydrazine groups is 1. The van der Waals surface area contributed by atoms with E-state index in [0.717, 1.165) is 12.8 Å². The van der Waals surface area contributed by atoms with E-state index in [1.165, 1.54) is 6.07 Å². The largest absolute Gasteiger partial charge is 0.271 e. The highest BCUT2D eigenvalue weighted by Gasteiger charge is 2.45. The Hall–Kier alpha value is -0.640. The summed E-state index contributed by atoms with van der Waals surface area (Å²) in [4.78, 5) is 0. The molecule has 1 fully saturated rings. The third-order valence-corrected chi connectivity index (χ3v) is 3.41. The highest BCUT2D eigenvalue weighted by Crippen LogP contribution is 2.54. The zero-order valence-corrected chi connectivity index (χ0v) is 9.31. The van der Waals surface area contributed by atoms with Crippen LogP contribution in [0.5, 0.6) is 0 Å². The second-order valence-corrected chi connectivity index (χ2v) is 4.86. The van der Waals surface area contributed by atoms with Gasteiger partial charge >= 0.3 is 0 Å². The van der Waals surface area contributed by atoms with Crippen LogP contribution in [0.1, 0.15) is 31.4 Å². The smallest absolute Gasteiger partial charge is 0.129 e. The second-order valence-electron chi connectivity index (χ2n) is 4.42. The van der Waals surface area contributed by atoms with Crippen molar-refractivity contribution in [2.24, 2.45) is 11.3 Å². The molecule has 0 bridgehead atoms. The van der Waals surface area contributed by atoms with Gasteiger partial charge in [-0.3, -0.25) is 11.3 Å². The lowest BCUT2D eigenvalue weighted by molar-refractivity contribution is 0.360. The van der Waals surface area contributed by atoms with E-state index in [9.17, 15) is 4.39 Å². The fourth-order valence-electron chi connectivity index (χ4n) is 1.89. The molecule has 15 heavy (non-hydrogen) atoms. The first-order chi connectivity index (χ1) is 7.07. The summed E-state index contributed by atoms with van der Waals surface area (Å²) >= 11 is 5.70. The van der Waals surface area contributed by atoms with Crippen LogP contribution in [0, 0.1) is 11.2 Å². The van der Waals surface area contributed by atoms with E-state index >= 15 is 0 Å². The van der Waals surface area contributed by atoms with Crippen LogP contribution in [0.15, 0.2) is 18.2 Å². The van der Waals surface area contributed by atoms with Crippen molar-refractivity contribution in [3.8, 4) is 0 Å². The van der Waals surface area contributed by atoms with E-state index in [1.54, 1.807) is 12.1 Å². The van der Waals surface area contributed by atoms with E-state index in [0.29, 0.717) is 10.6 Å². The van der Waals surface area contributed by atoms with Gasteiger partial charge in [0.25, 0.3) is 0 Å². The summed E-state index contributed by atoms with van der Waals surface area (Å²) in [5, 5.41) is 0.410. The number of hydrogen-bond acceptors (Lipinski definition) is 2. The van der Waals surface area contributed by atoms with Crippen LogP contribution < -0.4 is 11.3 Å². The van der Waals surface area contributed by atoms with Crippen LogP contribution in [0.2, 0.25) is 5.02 Å². The maximum atomic E-state index is 13.7. The Labute approximate surface area is 93.6 Å². The Morgan fingerprint density at radius 3 is 2.67 bits per heavy atom. The van der Waals surface area contributed by atoms with Gasteiger partial charge in [-0.2, -0.15) is 0 Å². The summed E-state index contributed by atoms with van der Waals surface area (Å²) in [6.07, 6.45) is 2.15. The molecule has 1 aliphatic carbocycles. The zero-order valence-electron chi connectivity index (χ0n) is 8.56.